The molecule has 234 valence electrons. The number of rotatable bonds is 5. The molecule has 0 saturated heterocycles. The lowest BCUT2D eigenvalue weighted by Gasteiger charge is -2.09. The van der Waals surface area contributed by atoms with Gasteiger partial charge < -0.3 is 4.42 Å². The van der Waals surface area contributed by atoms with Crippen molar-refractivity contribution in [2.24, 2.45) is 0 Å². The van der Waals surface area contributed by atoms with Gasteiger partial charge >= 0.3 is 0 Å². The van der Waals surface area contributed by atoms with Gasteiger partial charge in [0.2, 0.25) is 0 Å². The largest absolute Gasteiger partial charge is 0.456 e. The lowest BCUT2D eigenvalue weighted by Crippen LogP contribution is -2.00. The molecule has 0 N–H and O–H groups in total. The quantitative estimate of drug-likeness (QED) is 0.185. The molecule has 0 aliphatic rings. The molecule has 7 aromatic carbocycles. The average Bonchev–Trinajstić information content (AvgIpc) is 3.76. The predicted molar refractivity (Wildman–Crippen MR) is 207 cm³/mol. The molecule has 0 atom stereocenters. The van der Waals surface area contributed by atoms with Crippen molar-refractivity contribution in [2.45, 2.75) is 0 Å². The van der Waals surface area contributed by atoms with E-state index in [-0.39, 0.29) is 0 Å². The zero-order valence-corrected chi connectivity index (χ0v) is 27.6. The predicted octanol–water partition coefficient (Wildman–Crippen LogP) is 12.5. The Hall–Kier alpha value is -6.43. The fraction of sp³-hybridized carbons (Fsp3) is 0. The van der Waals surface area contributed by atoms with Crippen LogP contribution in [-0.2, 0) is 0 Å². The number of nitrogens with zero attached hydrogens (tertiary/aromatic N) is 3. The van der Waals surface area contributed by atoms with Crippen molar-refractivity contribution < 1.29 is 4.42 Å². The zero-order valence-electron chi connectivity index (χ0n) is 26.7. The molecular weight excluding hydrogens is 631 g/mol. The fourth-order valence-electron chi connectivity index (χ4n) is 6.91. The van der Waals surface area contributed by atoms with Gasteiger partial charge in [0.25, 0.3) is 0 Å². The van der Waals surface area contributed by atoms with Crippen LogP contribution in [0.15, 0.2) is 168 Å². The second-order valence-corrected chi connectivity index (χ2v) is 13.5. The first-order valence-corrected chi connectivity index (χ1v) is 17.4. The van der Waals surface area contributed by atoms with Crippen molar-refractivity contribution in [2.75, 3.05) is 0 Å². The third-order valence-electron chi connectivity index (χ3n) is 9.34. The standard InChI is InChI=1S/C45H27N3OS/c1-3-11-28(12-4-1)43-46-44(29-13-5-2-6-14-29)48-45(47-43)33-16-9-15-30(25-33)31-21-23-35-36-24-22-32(27-39(36)49-38(35)26-31)34-18-10-20-41-42(34)37-17-7-8-19-40(37)50-41/h1-27H. The van der Waals surface area contributed by atoms with Crippen LogP contribution in [-0.4, -0.2) is 15.0 Å². The van der Waals surface area contributed by atoms with E-state index in [1.54, 1.807) is 0 Å². The highest BCUT2D eigenvalue weighted by Gasteiger charge is 2.16. The SMILES string of the molecule is c1ccc(-c2nc(-c3ccccc3)nc(-c3cccc(-c4ccc5c(c4)oc4cc(-c6cccc7sc8ccccc8c67)ccc45)c3)n2)cc1. The van der Waals surface area contributed by atoms with Gasteiger partial charge in [-0.25, -0.2) is 15.0 Å². The molecule has 0 saturated carbocycles. The molecule has 0 aliphatic heterocycles. The molecule has 5 heteroatoms. The van der Waals surface area contributed by atoms with Gasteiger partial charge in [0.05, 0.1) is 0 Å². The number of hydrogen-bond donors (Lipinski definition) is 0. The highest BCUT2D eigenvalue weighted by Crippen LogP contribution is 2.42. The van der Waals surface area contributed by atoms with E-state index in [9.17, 15) is 0 Å². The zero-order chi connectivity index (χ0) is 33.0. The highest BCUT2D eigenvalue weighted by molar-refractivity contribution is 7.25. The number of benzene rings is 7. The minimum atomic E-state index is 0.630. The monoisotopic (exact) mass is 657 g/mol. The van der Waals surface area contributed by atoms with E-state index in [4.69, 9.17) is 19.4 Å². The Balaban J connectivity index is 1.05. The van der Waals surface area contributed by atoms with Crippen LogP contribution in [0.25, 0.3) is 98.5 Å². The number of furan rings is 1. The van der Waals surface area contributed by atoms with Gasteiger partial charge in [-0.2, -0.15) is 0 Å². The Morgan fingerprint density at radius 1 is 0.360 bits per heavy atom. The highest BCUT2D eigenvalue weighted by atomic mass is 32.1. The Morgan fingerprint density at radius 2 is 0.880 bits per heavy atom. The molecule has 0 bridgehead atoms. The molecule has 0 unspecified atom stereocenters. The average molecular weight is 658 g/mol. The van der Waals surface area contributed by atoms with Crippen LogP contribution in [0.1, 0.15) is 0 Å². The first-order valence-electron chi connectivity index (χ1n) is 16.6. The van der Waals surface area contributed by atoms with E-state index in [1.807, 2.05) is 72.0 Å². The summed E-state index contributed by atoms with van der Waals surface area (Å²) in [7, 11) is 0. The number of fused-ring (bicyclic) bond motifs is 6. The van der Waals surface area contributed by atoms with Crippen molar-refractivity contribution in [1.29, 1.82) is 0 Å². The molecule has 50 heavy (non-hydrogen) atoms. The summed E-state index contributed by atoms with van der Waals surface area (Å²) in [5.74, 6) is 1.92. The molecule has 0 spiro atoms. The summed E-state index contributed by atoms with van der Waals surface area (Å²) in [6.07, 6.45) is 0. The van der Waals surface area contributed by atoms with Crippen molar-refractivity contribution in [3.8, 4) is 56.4 Å². The minimum Gasteiger partial charge on any atom is -0.456 e. The first kappa shape index (κ1) is 28.6. The Bertz CT molecular complexity index is 2820. The van der Waals surface area contributed by atoms with E-state index >= 15 is 0 Å². The molecule has 0 fully saturated rings. The van der Waals surface area contributed by atoms with Crippen LogP contribution < -0.4 is 0 Å². The van der Waals surface area contributed by atoms with E-state index < -0.39 is 0 Å². The van der Waals surface area contributed by atoms with E-state index in [0.29, 0.717) is 17.5 Å². The molecule has 0 amide bonds. The van der Waals surface area contributed by atoms with Gasteiger partial charge in [-0.15, -0.1) is 11.3 Å². The van der Waals surface area contributed by atoms with Crippen molar-refractivity contribution in [1.82, 2.24) is 15.0 Å². The van der Waals surface area contributed by atoms with Crippen molar-refractivity contribution in [3.63, 3.8) is 0 Å². The molecule has 10 aromatic rings. The lowest BCUT2D eigenvalue weighted by molar-refractivity contribution is 0.669. The molecule has 3 heterocycles. The second kappa shape index (κ2) is 11.6. The van der Waals surface area contributed by atoms with Crippen LogP contribution in [0.5, 0.6) is 0 Å². The third-order valence-corrected chi connectivity index (χ3v) is 10.5. The maximum Gasteiger partial charge on any atom is 0.164 e. The van der Waals surface area contributed by atoms with E-state index in [2.05, 4.69) is 103 Å². The normalized spacial score (nSPS) is 11.6. The number of aromatic nitrogens is 3. The number of hydrogen-bond acceptors (Lipinski definition) is 5. The van der Waals surface area contributed by atoms with Crippen LogP contribution in [0.2, 0.25) is 0 Å². The number of thiophene rings is 1. The van der Waals surface area contributed by atoms with Crippen molar-refractivity contribution >= 4 is 53.4 Å². The van der Waals surface area contributed by atoms with Crippen LogP contribution in [0.3, 0.4) is 0 Å². The van der Waals surface area contributed by atoms with Crippen molar-refractivity contribution in [3.05, 3.63) is 164 Å². The summed E-state index contributed by atoms with van der Waals surface area (Å²) in [6.45, 7) is 0. The maximum absolute atomic E-state index is 6.57. The maximum atomic E-state index is 6.57. The fourth-order valence-corrected chi connectivity index (χ4v) is 8.05. The van der Waals surface area contributed by atoms with Gasteiger partial charge in [-0.3, -0.25) is 0 Å². The van der Waals surface area contributed by atoms with Gasteiger partial charge in [-0.05, 0) is 64.7 Å². The molecule has 4 nitrogen and oxygen atoms in total. The summed E-state index contributed by atoms with van der Waals surface area (Å²) >= 11 is 1.84. The van der Waals surface area contributed by atoms with Gasteiger partial charge in [0.1, 0.15) is 11.2 Å². The Morgan fingerprint density at radius 3 is 1.60 bits per heavy atom. The molecule has 0 radical (unpaired) electrons. The topological polar surface area (TPSA) is 51.8 Å². The van der Waals surface area contributed by atoms with E-state index in [1.165, 1.54) is 25.7 Å². The Labute approximate surface area is 292 Å². The minimum absolute atomic E-state index is 0.630. The molecule has 0 aliphatic carbocycles. The molecule has 3 aromatic heterocycles. The first-order chi connectivity index (χ1) is 24.7. The van der Waals surface area contributed by atoms with Gasteiger partial charge in [-0.1, -0.05) is 121 Å². The smallest absolute Gasteiger partial charge is 0.164 e. The Kier molecular flexibility index (Phi) is 6.64. The van der Waals surface area contributed by atoms with Crippen LogP contribution in [0.4, 0.5) is 0 Å². The van der Waals surface area contributed by atoms with Gasteiger partial charge in [0.15, 0.2) is 17.5 Å². The molecular formula is C45H27N3OS. The summed E-state index contributed by atoms with van der Waals surface area (Å²) in [4.78, 5) is 14.7. The van der Waals surface area contributed by atoms with Gasteiger partial charge in [0, 0.05) is 47.6 Å². The van der Waals surface area contributed by atoms with Crippen LogP contribution in [0, 0.1) is 0 Å². The third kappa shape index (κ3) is 4.87. The summed E-state index contributed by atoms with van der Waals surface area (Å²) < 4.78 is 9.17. The summed E-state index contributed by atoms with van der Waals surface area (Å²) in [5, 5.41) is 4.81. The molecule has 10 rings (SSSR count). The van der Waals surface area contributed by atoms with Crippen LogP contribution >= 0.6 is 11.3 Å². The lowest BCUT2D eigenvalue weighted by atomic mass is 9.98. The summed E-state index contributed by atoms with van der Waals surface area (Å²) in [5.41, 5.74) is 9.06. The van der Waals surface area contributed by atoms with E-state index in [0.717, 1.165) is 55.3 Å². The summed E-state index contributed by atoms with van der Waals surface area (Å²) in [6, 6.07) is 56.8. The second-order valence-electron chi connectivity index (χ2n) is 12.4.